The van der Waals surface area contributed by atoms with Crippen LogP contribution in [0, 0.1) is 5.92 Å². The summed E-state index contributed by atoms with van der Waals surface area (Å²) in [6.07, 6.45) is 5.07. The Bertz CT molecular complexity index is 662. The second-order valence-electron chi connectivity index (χ2n) is 6.74. The topological polar surface area (TPSA) is 48.5 Å². The molecule has 1 saturated heterocycles. The highest BCUT2D eigenvalue weighted by atomic mass is 16.1. The van der Waals surface area contributed by atoms with Gasteiger partial charge in [0, 0.05) is 44.5 Å². The second-order valence-corrected chi connectivity index (χ2v) is 6.74. The van der Waals surface area contributed by atoms with Crippen LogP contribution >= 0.6 is 0 Å². The van der Waals surface area contributed by atoms with E-state index in [1.165, 1.54) is 12.1 Å². The Hall–Kier alpha value is -2.40. The number of nitrogens with one attached hydrogen (secondary N) is 1. The monoisotopic (exact) mass is 338 g/mol. The Morgan fingerprint density at radius 1 is 1.28 bits per heavy atom. The first-order chi connectivity index (χ1) is 12.2. The normalized spacial score (nSPS) is 17.0. The third-order valence-electron chi connectivity index (χ3n) is 4.64. The lowest BCUT2D eigenvalue weighted by atomic mass is 10.1. The van der Waals surface area contributed by atoms with Gasteiger partial charge in [0.2, 0.25) is 5.91 Å². The summed E-state index contributed by atoms with van der Waals surface area (Å²) in [5.41, 5.74) is 2.06. The maximum atomic E-state index is 12.0. The van der Waals surface area contributed by atoms with Gasteiger partial charge in [-0.3, -0.25) is 9.78 Å². The molecule has 1 aromatic carbocycles. The third-order valence-corrected chi connectivity index (χ3v) is 4.64. The molecule has 2 aromatic rings. The fourth-order valence-electron chi connectivity index (χ4n) is 3.34. The molecule has 2 heterocycles. The molecule has 25 heavy (non-hydrogen) atoms. The number of aromatic nitrogens is 1. The predicted molar refractivity (Wildman–Crippen MR) is 102 cm³/mol. The van der Waals surface area contributed by atoms with Crippen LogP contribution in [-0.4, -0.2) is 49.0 Å². The summed E-state index contributed by atoms with van der Waals surface area (Å²) in [5.74, 6) is 0.698. The fraction of sp³-hybridized carbons (Fsp3) is 0.400. The average molecular weight is 338 g/mol. The first-order valence-electron chi connectivity index (χ1n) is 8.89. The SMILES string of the molecule is CN(CCC(=O)Nc1cccnc1)CC1CCN(c2ccccc2)C1. The standard InChI is InChI=1S/C20H26N4O/c1-23(12-10-20(25)22-18-6-5-11-21-14-18)15-17-9-13-24(16-17)19-7-3-2-4-8-19/h2-8,11,14,17H,9-10,12-13,15-16H2,1H3,(H,22,25). The van der Waals surface area contributed by atoms with Crippen LogP contribution in [0.2, 0.25) is 0 Å². The molecule has 0 spiro atoms. The van der Waals surface area contributed by atoms with Crippen LogP contribution in [0.25, 0.3) is 0 Å². The number of amides is 1. The van der Waals surface area contributed by atoms with Gasteiger partial charge in [-0.15, -0.1) is 0 Å². The minimum atomic E-state index is 0.0391. The molecule has 5 nitrogen and oxygen atoms in total. The lowest BCUT2D eigenvalue weighted by Gasteiger charge is -2.22. The van der Waals surface area contributed by atoms with E-state index in [1.54, 1.807) is 12.4 Å². The largest absolute Gasteiger partial charge is 0.371 e. The number of hydrogen-bond donors (Lipinski definition) is 1. The Balaban J connectivity index is 1.38. The summed E-state index contributed by atoms with van der Waals surface area (Å²) in [7, 11) is 2.10. The number of nitrogens with zero attached hydrogens (tertiary/aromatic N) is 3. The van der Waals surface area contributed by atoms with Gasteiger partial charge in [-0.2, -0.15) is 0 Å². The van der Waals surface area contributed by atoms with E-state index in [2.05, 4.69) is 57.5 Å². The zero-order valence-electron chi connectivity index (χ0n) is 14.8. The van der Waals surface area contributed by atoms with Crippen LogP contribution in [0.4, 0.5) is 11.4 Å². The van der Waals surface area contributed by atoms with E-state index >= 15 is 0 Å². The molecule has 0 bridgehead atoms. The summed E-state index contributed by atoms with van der Waals surface area (Å²) >= 11 is 0. The smallest absolute Gasteiger partial charge is 0.225 e. The van der Waals surface area contributed by atoms with Crippen LogP contribution < -0.4 is 10.2 Å². The Labute approximate surface area is 149 Å². The van der Waals surface area contributed by atoms with Crippen molar-refractivity contribution in [3.05, 3.63) is 54.9 Å². The van der Waals surface area contributed by atoms with Crippen LogP contribution in [-0.2, 0) is 4.79 Å². The highest BCUT2D eigenvalue weighted by Crippen LogP contribution is 2.23. The zero-order chi connectivity index (χ0) is 17.5. The Kier molecular flexibility index (Phi) is 6.01. The molecule has 3 rings (SSSR count). The molecule has 5 heteroatoms. The van der Waals surface area contributed by atoms with Crippen molar-refractivity contribution in [3.63, 3.8) is 0 Å². The molecule has 1 fully saturated rings. The summed E-state index contributed by atoms with van der Waals surface area (Å²) < 4.78 is 0. The van der Waals surface area contributed by atoms with E-state index in [4.69, 9.17) is 0 Å². The summed E-state index contributed by atoms with van der Waals surface area (Å²) in [5, 5.41) is 2.88. The molecule has 132 valence electrons. The van der Waals surface area contributed by atoms with E-state index in [0.717, 1.165) is 31.9 Å². The summed E-state index contributed by atoms with van der Waals surface area (Å²) in [4.78, 5) is 20.7. The number of benzene rings is 1. The fourth-order valence-corrected chi connectivity index (χ4v) is 3.34. The summed E-state index contributed by atoms with van der Waals surface area (Å²) in [6.45, 7) is 4.01. The number of hydrogen-bond acceptors (Lipinski definition) is 4. The minimum absolute atomic E-state index is 0.0391. The van der Waals surface area contributed by atoms with Gasteiger partial charge in [0.1, 0.15) is 0 Å². The number of carbonyl (C=O) groups is 1. The van der Waals surface area contributed by atoms with E-state index in [-0.39, 0.29) is 5.91 Å². The maximum absolute atomic E-state index is 12.0. The Morgan fingerprint density at radius 3 is 2.88 bits per heavy atom. The molecule has 0 radical (unpaired) electrons. The van der Waals surface area contributed by atoms with Crippen molar-refractivity contribution in [2.45, 2.75) is 12.8 Å². The zero-order valence-corrected chi connectivity index (χ0v) is 14.8. The molecule has 1 unspecified atom stereocenters. The first-order valence-corrected chi connectivity index (χ1v) is 8.89. The van der Waals surface area contributed by atoms with Crippen LogP contribution in [0.15, 0.2) is 54.9 Å². The van der Waals surface area contributed by atoms with E-state index in [1.807, 2.05) is 12.1 Å². The molecule has 1 aliphatic heterocycles. The molecule has 1 atom stereocenters. The van der Waals surface area contributed by atoms with Gasteiger partial charge in [-0.25, -0.2) is 0 Å². The van der Waals surface area contributed by atoms with Crippen molar-refractivity contribution in [3.8, 4) is 0 Å². The summed E-state index contributed by atoms with van der Waals surface area (Å²) in [6, 6.07) is 14.3. The van der Waals surface area contributed by atoms with Gasteiger partial charge in [-0.1, -0.05) is 18.2 Å². The van der Waals surface area contributed by atoms with E-state index in [0.29, 0.717) is 12.3 Å². The van der Waals surface area contributed by atoms with Gasteiger partial charge < -0.3 is 15.1 Å². The maximum Gasteiger partial charge on any atom is 0.225 e. The van der Waals surface area contributed by atoms with Crippen molar-refractivity contribution in [1.29, 1.82) is 0 Å². The third kappa shape index (κ3) is 5.29. The van der Waals surface area contributed by atoms with Gasteiger partial charge in [0.25, 0.3) is 0 Å². The number of anilines is 2. The van der Waals surface area contributed by atoms with Crippen LogP contribution in [0.1, 0.15) is 12.8 Å². The molecule has 0 aliphatic carbocycles. The van der Waals surface area contributed by atoms with Gasteiger partial charge >= 0.3 is 0 Å². The van der Waals surface area contributed by atoms with Crippen molar-refractivity contribution < 1.29 is 4.79 Å². The first kappa shape index (κ1) is 17.4. The second kappa shape index (κ2) is 8.62. The molecular formula is C20H26N4O. The van der Waals surface area contributed by atoms with Crippen molar-refractivity contribution in [1.82, 2.24) is 9.88 Å². The van der Waals surface area contributed by atoms with Crippen molar-refractivity contribution in [2.75, 3.05) is 43.4 Å². The molecular weight excluding hydrogens is 312 g/mol. The highest BCUT2D eigenvalue weighted by Gasteiger charge is 2.23. The number of para-hydroxylation sites is 1. The number of carbonyl (C=O) groups excluding carboxylic acids is 1. The van der Waals surface area contributed by atoms with Crippen molar-refractivity contribution in [2.24, 2.45) is 5.92 Å². The van der Waals surface area contributed by atoms with Gasteiger partial charge in [0.15, 0.2) is 0 Å². The molecule has 1 amide bonds. The average Bonchev–Trinajstić information content (AvgIpc) is 3.10. The van der Waals surface area contributed by atoms with Crippen molar-refractivity contribution >= 4 is 17.3 Å². The van der Waals surface area contributed by atoms with Crippen LogP contribution in [0.5, 0.6) is 0 Å². The van der Waals surface area contributed by atoms with E-state index < -0.39 is 0 Å². The number of pyridine rings is 1. The minimum Gasteiger partial charge on any atom is -0.371 e. The Morgan fingerprint density at radius 2 is 2.12 bits per heavy atom. The lowest BCUT2D eigenvalue weighted by Crippen LogP contribution is -2.30. The van der Waals surface area contributed by atoms with E-state index in [9.17, 15) is 4.79 Å². The molecule has 0 saturated carbocycles. The molecule has 1 aromatic heterocycles. The van der Waals surface area contributed by atoms with Gasteiger partial charge in [0.05, 0.1) is 11.9 Å². The van der Waals surface area contributed by atoms with Crippen LogP contribution in [0.3, 0.4) is 0 Å². The number of rotatable bonds is 7. The lowest BCUT2D eigenvalue weighted by molar-refractivity contribution is -0.116. The molecule has 1 N–H and O–H groups in total. The predicted octanol–water partition coefficient (Wildman–Crippen LogP) is 2.87. The highest BCUT2D eigenvalue weighted by molar-refractivity contribution is 5.90. The molecule has 1 aliphatic rings. The quantitative estimate of drug-likeness (QED) is 0.843. The van der Waals surface area contributed by atoms with Gasteiger partial charge in [-0.05, 0) is 43.7 Å².